The molecule has 7 nitrogen and oxygen atoms in total. The molecule has 2 aromatic carbocycles. The summed E-state index contributed by atoms with van der Waals surface area (Å²) < 4.78 is 65.2. The molecule has 4 rings (SSSR count). The molecule has 0 bridgehead atoms. The van der Waals surface area contributed by atoms with E-state index in [1.165, 1.54) is 0 Å². The predicted octanol–water partition coefficient (Wildman–Crippen LogP) is 6.93. The molecule has 11 heteroatoms. The van der Waals surface area contributed by atoms with Crippen molar-refractivity contribution in [1.29, 1.82) is 0 Å². The lowest BCUT2D eigenvalue weighted by atomic mass is 10.0. The zero-order chi connectivity index (χ0) is 29.8. The Kier molecular flexibility index (Phi) is 10.1. The molecule has 0 aliphatic carbocycles. The highest BCUT2D eigenvalue weighted by molar-refractivity contribution is 8.03. The lowest BCUT2D eigenvalue weighted by molar-refractivity contribution is 0.479. The van der Waals surface area contributed by atoms with Crippen molar-refractivity contribution in [2.45, 2.75) is 51.3 Å². The van der Waals surface area contributed by atoms with Crippen LogP contribution in [0.3, 0.4) is 0 Å². The number of rotatable bonds is 11. The number of fused-ring (bicyclic) bond motifs is 2. The van der Waals surface area contributed by atoms with E-state index in [4.69, 9.17) is 0 Å². The van der Waals surface area contributed by atoms with Crippen molar-refractivity contribution in [2.24, 2.45) is 0 Å². The standard InChI is InChI=1S/C30H33NO6S4/c1-4-8-23-11-13-28-26(18-23)31(14-7-16-41(35,36)37)30(39-28)20-22(5-2)19-29-24(9-6-15-40(32,33)34)25-17-21(3)10-12-27(25)38-29/h10-13,17-20H,5-7,9,14-16H2,1-3H3,(H,32,33,34)(H,35,36,37)/b22-19?,30-20-. The average molecular weight is 632 g/mol. The van der Waals surface area contributed by atoms with Crippen LogP contribution in [0.4, 0.5) is 5.69 Å². The Hall–Kier alpha value is -2.59. The van der Waals surface area contributed by atoms with Crippen molar-refractivity contribution in [3.8, 4) is 11.8 Å². The second kappa shape index (κ2) is 13.2. The van der Waals surface area contributed by atoms with E-state index in [1.54, 1.807) is 30.0 Å². The van der Waals surface area contributed by atoms with E-state index in [2.05, 4.69) is 54.0 Å². The van der Waals surface area contributed by atoms with Crippen molar-refractivity contribution in [2.75, 3.05) is 23.0 Å². The molecule has 1 aliphatic rings. The van der Waals surface area contributed by atoms with Gasteiger partial charge in [0.2, 0.25) is 0 Å². The van der Waals surface area contributed by atoms with Crippen LogP contribution in [-0.4, -0.2) is 44.0 Å². The molecule has 41 heavy (non-hydrogen) atoms. The van der Waals surface area contributed by atoms with Gasteiger partial charge in [0.05, 0.1) is 22.2 Å². The number of thioether (sulfide) groups is 1. The number of hydrogen-bond donors (Lipinski definition) is 2. The first kappa shape index (κ1) is 31.3. The van der Waals surface area contributed by atoms with Gasteiger partial charge in [-0.15, -0.1) is 17.3 Å². The maximum Gasteiger partial charge on any atom is 0.264 e. The lowest BCUT2D eigenvalue weighted by Gasteiger charge is -2.21. The van der Waals surface area contributed by atoms with Gasteiger partial charge in [-0.1, -0.05) is 42.3 Å². The van der Waals surface area contributed by atoms with Gasteiger partial charge < -0.3 is 4.90 Å². The third-order valence-corrected chi connectivity index (χ3v) is 10.5. The molecular weight excluding hydrogens is 599 g/mol. The summed E-state index contributed by atoms with van der Waals surface area (Å²) in [4.78, 5) is 4.17. The van der Waals surface area contributed by atoms with Crippen LogP contribution >= 0.6 is 23.1 Å². The Labute approximate surface area is 250 Å². The van der Waals surface area contributed by atoms with Gasteiger partial charge in [-0.2, -0.15) is 16.8 Å². The Bertz CT molecular complexity index is 1790. The minimum Gasteiger partial charge on any atom is -0.335 e. The van der Waals surface area contributed by atoms with Gasteiger partial charge in [-0.05, 0) is 92.5 Å². The molecule has 0 saturated carbocycles. The molecule has 3 aromatic rings. The molecule has 2 heterocycles. The zero-order valence-electron chi connectivity index (χ0n) is 23.2. The Morgan fingerprint density at radius 2 is 1.76 bits per heavy atom. The van der Waals surface area contributed by atoms with Gasteiger partial charge in [0.1, 0.15) is 0 Å². The summed E-state index contributed by atoms with van der Waals surface area (Å²) in [5.74, 6) is 5.39. The van der Waals surface area contributed by atoms with Crippen LogP contribution < -0.4 is 4.90 Å². The first-order valence-electron chi connectivity index (χ1n) is 13.2. The lowest BCUT2D eigenvalue weighted by Crippen LogP contribution is -2.21. The molecule has 218 valence electrons. The highest BCUT2D eigenvalue weighted by Gasteiger charge is 2.26. The first-order valence-corrected chi connectivity index (χ1v) is 18.1. The fraction of sp³-hybridized carbons (Fsp3) is 0.333. The Morgan fingerprint density at radius 3 is 2.44 bits per heavy atom. The summed E-state index contributed by atoms with van der Waals surface area (Å²) in [6.07, 6.45) is 6.09. The number of anilines is 1. The number of allylic oxidation sites excluding steroid dienone is 2. The van der Waals surface area contributed by atoms with E-state index < -0.39 is 20.2 Å². The molecular formula is C30H33NO6S4. The van der Waals surface area contributed by atoms with Crippen molar-refractivity contribution in [3.05, 3.63) is 74.6 Å². The molecule has 0 saturated heterocycles. The summed E-state index contributed by atoms with van der Waals surface area (Å²) >= 11 is 3.26. The minimum atomic E-state index is -4.07. The summed E-state index contributed by atoms with van der Waals surface area (Å²) in [6, 6.07) is 12.3. The van der Waals surface area contributed by atoms with Gasteiger partial charge in [0.25, 0.3) is 20.2 Å². The SMILES string of the molecule is CC#Cc1ccc2c(c1)N(CCCS(=O)(=O)O)/C(=C/C(=Cc1sc3ccc(C)cc3c1CCCS(=O)(=O)O)CC)S2. The number of benzene rings is 2. The topological polar surface area (TPSA) is 112 Å². The third-order valence-electron chi connectivity index (χ3n) is 6.62. The molecule has 0 fully saturated rings. The van der Waals surface area contributed by atoms with E-state index in [0.29, 0.717) is 19.4 Å². The first-order chi connectivity index (χ1) is 19.4. The third kappa shape index (κ3) is 8.47. The fourth-order valence-electron chi connectivity index (χ4n) is 4.73. The smallest absolute Gasteiger partial charge is 0.264 e. The molecule has 1 aliphatic heterocycles. The summed E-state index contributed by atoms with van der Waals surface area (Å²) in [5, 5.41) is 2.05. The Morgan fingerprint density at radius 1 is 1.02 bits per heavy atom. The van der Waals surface area contributed by atoms with Gasteiger partial charge in [0.15, 0.2) is 0 Å². The van der Waals surface area contributed by atoms with Crippen LogP contribution in [0.2, 0.25) is 0 Å². The van der Waals surface area contributed by atoms with Crippen LogP contribution in [0.25, 0.3) is 16.2 Å². The van der Waals surface area contributed by atoms with Crippen molar-refractivity contribution >= 4 is 65.2 Å². The van der Waals surface area contributed by atoms with E-state index in [1.807, 2.05) is 25.1 Å². The predicted molar refractivity (Wildman–Crippen MR) is 171 cm³/mol. The maximum absolute atomic E-state index is 11.4. The minimum absolute atomic E-state index is 0.263. The van der Waals surface area contributed by atoms with Crippen molar-refractivity contribution in [3.63, 3.8) is 0 Å². The monoisotopic (exact) mass is 631 g/mol. The van der Waals surface area contributed by atoms with Gasteiger partial charge in [-0.3, -0.25) is 9.11 Å². The van der Waals surface area contributed by atoms with E-state index in [0.717, 1.165) is 59.3 Å². The van der Waals surface area contributed by atoms with Crippen LogP contribution in [0.1, 0.15) is 54.7 Å². The van der Waals surface area contributed by atoms with Crippen LogP contribution in [0.5, 0.6) is 0 Å². The van der Waals surface area contributed by atoms with E-state index in [9.17, 15) is 25.9 Å². The number of thiophene rings is 1. The quantitative estimate of drug-likeness (QED) is 0.173. The van der Waals surface area contributed by atoms with Gasteiger partial charge in [0, 0.05) is 26.6 Å². The fourth-order valence-corrected chi connectivity index (χ4v) is 8.09. The molecule has 0 amide bonds. The molecule has 0 radical (unpaired) electrons. The number of nitrogens with zero attached hydrogens (tertiary/aromatic N) is 1. The second-order valence-electron chi connectivity index (χ2n) is 9.84. The molecule has 1 aromatic heterocycles. The summed E-state index contributed by atoms with van der Waals surface area (Å²) in [5.41, 5.74) is 5.07. The molecule has 0 atom stereocenters. The maximum atomic E-state index is 11.4. The van der Waals surface area contributed by atoms with Crippen molar-refractivity contribution in [1.82, 2.24) is 0 Å². The van der Waals surface area contributed by atoms with Crippen LogP contribution in [0.15, 0.2) is 58.0 Å². The Balaban J connectivity index is 1.73. The van der Waals surface area contributed by atoms with Crippen molar-refractivity contribution < 1.29 is 25.9 Å². The van der Waals surface area contributed by atoms with Crippen LogP contribution in [-0.2, 0) is 26.7 Å². The summed E-state index contributed by atoms with van der Waals surface area (Å²) in [7, 11) is -8.12. The zero-order valence-corrected chi connectivity index (χ0v) is 26.4. The largest absolute Gasteiger partial charge is 0.335 e. The summed E-state index contributed by atoms with van der Waals surface area (Å²) in [6.45, 7) is 6.29. The highest BCUT2D eigenvalue weighted by atomic mass is 32.2. The number of hydrogen-bond acceptors (Lipinski definition) is 7. The molecule has 0 spiro atoms. The van der Waals surface area contributed by atoms with Gasteiger partial charge >= 0.3 is 0 Å². The normalized spacial score (nSPS) is 14.9. The molecule has 2 N–H and O–H groups in total. The second-order valence-corrected chi connectivity index (χ2v) is 15.1. The van der Waals surface area contributed by atoms with Gasteiger partial charge in [-0.25, -0.2) is 0 Å². The highest BCUT2D eigenvalue weighted by Crippen LogP contribution is 2.47. The number of aryl methyl sites for hydroxylation is 2. The molecule has 0 unspecified atom stereocenters. The van der Waals surface area contributed by atoms with E-state index in [-0.39, 0.29) is 17.9 Å². The van der Waals surface area contributed by atoms with E-state index >= 15 is 0 Å². The van der Waals surface area contributed by atoms with Crippen LogP contribution in [0, 0.1) is 18.8 Å². The average Bonchev–Trinajstić information content (AvgIpc) is 3.39.